The molecule has 1 unspecified atom stereocenters. The Morgan fingerprint density at radius 2 is 2.33 bits per heavy atom. The number of anilines is 1. The second-order valence-electron chi connectivity index (χ2n) is 3.61. The second kappa shape index (κ2) is 5.23. The number of aromatic nitrogens is 1. The minimum Gasteiger partial charge on any atom is -0.327 e. The number of hydrogen-bond acceptors (Lipinski definition) is 4. The number of aryl methyl sites for hydroxylation is 2. The second-order valence-corrected chi connectivity index (χ2v) is 4.81. The van der Waals surface area contributed by atoms with Crippen molar-refractivity contribution in [3.63, 3.8) is 0 Å². The van der Waals surface area contributed by atoms with E-state index in [1.807, 2.05) is 13.8 Å². The van der Waals surface area contributed by atoms with Crippen LogP contribution in [0.5, 0.6) is 0 Å². The zero-order valence-corrected chi connectivity index (χ0v) is 10.1. The standard InChI is InChI=1S/C10H17N3OS/c1-4-8-7(3)15-10(12-8)13-9(14)5-6(2)11/h6H,4-5,11H2,1-3H3,(H,12,13,14). The lowest BCUT2D eigenvalue weighted by atomic mass is 10.2. The number of carbonyl (C=O) groups excluding carboxylic acids is 1. The minimum absolute atomic E-state index is 0.0681. The van der Waals surface area contributed by atoms with Gasteiger partial charge < -0.3 is 11.1 Å². The van der Waals surface area contributed by atoms with Crippen LogP contribution in [0.3, 0.4) is 0 Å². The van der Waals surface area contributed by atoms with E-state index in [1.54, 1.807) is 0 Å². The van der Waals surface area contributed by atoms with Gasteiger partial charge in [-0.3, -0.25) is 4.79 Å². The first-order valence-electron chi connectivity index (χ1n) is 5.04. The van der Waals surface area contributed by atoms with E-state index in [0.717, 1.165) is 17.0 Å². The molecule has 0 aliphatic rings. The molecule has 3 N–H and O–H groups in total. The first-order valence-corrected chi connectivity index (χ1v) is 5.86. The summed E-state index contributed by atoms with van der Waals surface area (Å²) in [7, 11) is 0. The Bertz CT molecular complexity index is 346. The van der Waals surface area contributed by atoms with Crippen LogP contribution in [0.15, 0.2) is 0 Å². The molecule has 0 saturated carbocycles. The molecule has 0 spiro atoms. The fraction of sp³-hybridized carbons (Fsp3) is 0.600. The van der Waals surface area contributed by atoms with Gasteiger partial charge in [0.05, 0.1) is 5.69 Å². The number of amides is 1. The lowest BCUT2D eigenvalue weighted by Crippen LogP contribution is -2.23. The predicted molar refractivity (Wildman–Crippen MR) is 63.1 cm³/mol. The monoisotopic (exact) mass is 227 g/mol. The van der Waals surface area contributed by atoms with Crippen LogP contribution in [0.4, 0.5) is 5.13 Å². The fourth-order valence-electron chi connectivity index (χ4n) is 1.27. The molecule has 0 saturated heterocycles. The Morgan fingerprint density at radius 1 is 1.67 bits per heavy atom. The van der Waals surface area contributed by atoms with Gasteiger partial charge in [0.25, 0.3) is 0 Å². The highest BCUT2D eigenvalue weighted by Gasteiger charge is 2.10. The highest BCUT2D eigenvalue weighted by Crippen LogP contribution is 2.22. The number of thiazole rings is 1. The number of hydrogen-bond donors (Lipinski definition) is 2. The molecule has 1 amide bonds. The molecule has 5 heteroatoms. The van der Waals surface area contributed by atoms with Crippen LogP contribution in [-0.4, -0.2) is 16.9 Å². The molecule has 4 nitrogen and oxygen atoms in total. The van der Waals surface area contributed by atoms with E-state index in [9.17, 15) is 4.79 Å². The van der Waals surface area contributed by atoms with E-state index in [2.05, 4.69) is 17.2 Å². The number of nitrogens with zero attached hydrogens (tertiary/aromatic N) is 1. The van der Waals surface area contributed by atoms with E-state index in [4.69, 9.17) is 5.73 Å². The third kappa shape index (κ3) is 3.60. The van der Waals surface area contributed by atoms with E-state index in [-0.39, 0.29) is 11.9 Å². The van der Waals surface area contributed by atoms with Gasteiger partial charge in [-0.1, -0.05) is 6.92 Å². The van der Waals surface area contributed by atoms with E-state index in [1.165, 1.54) is 11.3 Å². The number of carbonyl (C=O) groups is 1. The molecule has 1 atom stereocenters. The molecule has 0 bridgehead atoms. The summed E-state index contributed by atoms with van der Waals surface area (Å²) in [5.41, 5.74) is 6.58. The lowest BCUT2D eigenvalue weighted by molar-refractivity contribution is -0.116. The third-order valence-corrected chi connectivity index (χ3v) is 2.91. The average molecular weight is 227 g/mol. The van der Waals surface area contributed by atoms with Crippen molar-refractivity contribution in [2.45, 2.75) is 39.7 Å². The summed E-state index contributed by atoms with van der Waals surface area (Å²) in [6, 6.07) is -0.114. The molecule has 0 aromatic carbocycles. The van der Waals surface area contributed by atoms with Gasteiger partial charge in [-0.25, -0.2) is 4.98 Å². The van der Waals surface area contributed by atoms with Gasteiger partial charge in [-0.2, -0.15) is 0 Å². The first kappa shape index (κ1) is 12.1. The Balaban J connectivity index is 2.60. The van der Waals surface area contributed by atoms with E-state index >= 15 is 0 Å². The van der Waals surface area contributed by atoms with Gasteiger partial charge in [0.1, 0.15) is 0 Å². The van der Waals surface area contributed by atoms with Gasteiger partial charge in [0.2, 0.25) is 5.91 Å². The van der Waals surface area contributed by atoms with Crippen molar-refractivity contribution >= 4 is 22.4 Å². The molecule has 1 heterocycles. The summed E-state index contributed by atoms with van der Waals surface area (Å²) in [6.45, 7) is 5.87. The van der Waals surface area contributed by atoms with Gasteiger partial charge in [-0.15, -0.1) is 11.3 Å². The number of nitrogens with one attached hydrogen (secondary N) is 1. The summed E-state index contributed by atoms with van der Waals surface area (Å²) in [6.07, 6.45) is 1.23. The van der Waals surface area contributed by atoms with Crippen molar-refractivity contribution < 1.29 is 4.79 Å². The highest BCUT2D eigenvalue weighted by atomic mass is 32.1. The van der Waals surface area contributed by atoms with Crippen LogP contribution in [0, 0.1) is 6.92 Å². The van der Waals surface area contributed by atoms with Crippen molar-refractivity contribution in [2.75, 3.05) is 5.32 Å². The van der Waals surface area contributed by atoms with E-state index < -0.39 is 0 Å². The summed E-state index contributed by atoms with van der Waals surface area (Å²) in [4.78, 5) is 16.9. The lowest BCUT2D eigenvalue weighted by Gasteiger charge is -2.03. The van der Waals surface area contributed by atoms with Gasteiger partial charge in [0, 0.05) is 17.3 Å². The van der Waals surface area contributed by atoms with Crippen molar-refractivity contribution in [3.8, 4) is 0 Å². The molecule has 1 aromatic heterocycles. The van der Waals surface area contributed by atoms with Crippen molar-refractivity contribution in [1.82, 2.24) is 4.98 Å². The maximum atomic E-state index is 11.4. The van der Waals surface area contributed by atoms with Gasteiger partial charge >= 0.3 is 0 Å². The largest absolute Gasteiger partial charge is 0.327 e. The summed E-state index contributed by atoms with van der Waals surface area (Å²) < 4.78 is 0. The molecule has 0 radical (unpaired) electrons. The van der Waals surface area contributed by atoms with Crippen LogP contribution in [0.25, 0.3) is 0 Å². The Morgan fingerprint density at radius 3 is 2.80 bits per heavy atom. The van der Waals surface area contributed by atoms with Crippen LogP contribution in [0.2, 0.25) is 0 Å². The molecule has 1 rings (SSSR count). The number of nitrogens with two attached hydrogens (primary N) is 1. The number of rotatable bonds is 4. The molecule has 84 valence electrons. The summed E-state index contributed by atoms with van der Waals surface area (Å²) in [5.74, 6) is -0.0681. The molecular formula is C10H17N3OS. The quantitative estimate of drug-likeness (QED) is 0.822. The van der Waals surface area contributed by atoms with Crippen LogP contribution < -0.4 is 11.1 Å². The highest BCUT2D eigenvalue weighted by molar-refractivity contribution is 7.15. The Hall–Kier alpha value is -0.940. The third-order valence-electron chi connectivity index (χ3n) is 1.98. The van der Waals surface area contributed by atoms with Crippen molar-refractivity contribution in [1.29, 1.82) is 0 Å². The van der Waals surface area contributed by atoms with E-state index in [0.29, 0.717) is 11.6 Å². The molecule has 1 aromatic rings. The topological polar surface area (TPSA) is 68.0 Å². The molecule has 0 aliphatic heterocycles. The SMILES string of the molecule is CCc1nc(NC(=O)CC(C)N)sc1C. The summed E-state index contributed by atoms with van der Waals surface area (Å²) >= 11 is 1.51. The Kier molecular flexibility index (Phi) is 4.23. The zero-order valence-electron chi connectivity index (χ0n) is 9.33. The average Bonchev–Trinajstić information content (AvgIpc) is 2.44. The minimum atomic E-state index is -0.114. The predicted octanol–water partition coefficient (Wildman–Crippen LogP) is 1.69. The summed E-state index contributed by atoms with van der Waals surface area (Å²) in [5, 5.41) is 3.43. The van der Waals surface area contributed by atoms with Crippen LogP contribution >= 0.6 is 11.3 Å². The van der Waals surface area contributed by atoms with Crippen LogP contribution in [0.1, 0.15) is 30.8 Å². The molecule has 0 aliphatic carbocycles. The molecular weight excluding hydrogens is 210 g/mol. The first-order chi connectivity index (χ1) is 7.02. The molecule has 15 heavy (non-hydrogen) atoms. The fourth-order valence-corrected chi connectivity index (χ4v) is 2.19. The van der Waals surface area contributed by atoms with Crippen molar-refractivity contribution in [2.24, 2.45) is 5.73 Å². The smallest absolute Gasteiger partial charge is 0.227 e. The van der Waals surface area contributed by atoms with Crippen LogP contribution in [-0.2, 0) is 11.2 Å². The van der Waals surface area contributed by atoms with Gasteiger partial charge in [-0.05, 0) is 20.3 Å². The molecule has 0 fully saturated rings. The van der Waals surface area contributed by atoms with Crippen molar-refractivity contribution in [3.05, 3.63) is 10.6 Å². The Labute approximate surface area is 93.9 Å². The normalized spacial score (nSPS) is 12.5. The van der Waals surface area contributed by atoms with Gasteiger partial charge in [0.15, 0.2) is 5.13 Å². The zero-order chi connectivity index (χ0) is 11.4. The maximum absolute atomic E-state index is 11.4. The maximum Gasteiger partial charge on any atom is 0.227 e.